The van der Waals surface area contributed by atoms with Crippen LogP contribution >= 0.6 is 0 Å². The van der Waals surface area contributed by atoms with E-state index in [2.05, 4.69) is 4.72 Å². The Hall–Kier alpha value is -2.86. The topological polar surface area (TPSA) is 130 Å². The van der Waals surface area contributed by atoms with Gasteiger partial charge in [-0.3, -0.25) is 4.72 Å². The van der Waals surface area contributed by atoms with Gasteiger partial charge in [0, 0.05) is 18.9 Å². The van der Waals surface area contributed by atoms with Gasteiger partial charge in [-0.25, -0.2) is 26.0 Å². The van der Waals surface area contributed by atoms with Crippen LogP contribution in [0.4, 0.5) is 15.8 Å². The van der Waals surface area contributed by atoms with Gasteiger partial charge in [-0.2, -0.15) is 0 Å². The van der Waals surface area contributed by atoms with E-state index in [1.54, 1.807) is 0 Å². The lowest BCUT2D eigenvalue weighted by molar-refractivity contribution is 0.0696. The first-order valence-electron chi connectivity index (χ1n) is 9.80. The Kier molecular flexibility index (Phi) is 5.53. The van der Waals surface area contributed by atoms with Gasteiger partial charge in [-0.1, -0.05) is 0 Å². The average molecular weight is 485 g/mol. The molecule has 1 fully saturated rings. The van der Waals surface area contributed by atoms with Crippen LogP contribution in [0.2, 0.25) is 0 Å². The molecule has 0 spiro atoms. The summed E-state index contributed by atoms with van der Waals surface area (Å²) in [6.45, 7) is 0.592. The van der Waals surface area contributed by atoms with E-state index in [1.807, 2.05) is 4.90 Å². The van der Waals surface area contributed by atoms with Crippen molar-refractivity contribution in [2.75, 3.05) is 29.0 Å². The number of nitrogens with one attached hydrogen (secondary N) is 1. The smallest absolute Gasteiger partial charge is 0.335 e. The Morgan fingerprint density at radius 1 is 1.25 bits per heavy atom. The Morgan fingerprint density at radius 2 is 2.00 bits per heavy atom. The van der Waals surface area contributed by atoms with Crippen LogP contribution in [0.25, 0.3) is 0 Å². The van der Waals surface area contributed by atoms with Crippen molar-refractivity contribution in [2.45, 2.75) is 35.1 Å². The predicted octanol–water partition coefficient (Wildman–Crippen LogP) is 2.48. The van der Waals surface area contributed by atoms with Crippen LogP contribution in [0.5, 0.6) is 5.75 Å². The summed E-state index contributed by atoms with van der Waals surface area (Å²) in [6, 6.07) is 5.25. The van der Waals surface area contributed by atoms with E-state index in [9.17, 15) is 31.1 Å². The molecule has 2 aliphatic rings. The Morgan fingerprint density at radius 3 is 2.69 bits per heavy atom. The molecule has 172 valence electrons. The molecule has 0 aliphatic carbocycles. The van der Waals surface area contributed by atoms with Crippen LogP contribution in [-0.2, 0) is 19.9 Å². The minimum atomic E-state index is -4.41. The number of aromatic carboxylic acids is 1. The van der Waals surface area contributed by atoms with Gasteiger partial charge in [0.1, 0.15) is 28.0 Å². The average Bonchev–Trinajstić information content (AvgIpc) is 2.72. The van der Waals surface area contributed by atoms with E-state index in [0.717, 1.165) is 37.3 Å². The molecule has 12 heteroatoms. The fraction of sp³-hybridized carbons (Fsp3) is 0.350. The Balaban J connectivity index is 1.96. The minimum absolute atomic E-state index is 0.0260. The molecule has 1 saturated heterocycles. The zero-order chi connectivity index (χ0) is 23.3. The fourth-order valence-corrected chi connectivity index (χ4v) is 5.98. The molecule has 2 heterocycles. The van der Waals surface area contributed by atoms with E-state index in [-0.39, 0.29) is 35.3 Å². The van der Waals surface area contributed by atoms with Crippen LogP contribution < -0.4 is 14.4 Å². The lowest BCUT2D eigenvalue weighted by Gasteiger charge is -2.39. The maximum atomic E-state index is 14.7. The monoisotopic (exact) mass is 484 g/mol. The van der Waals surface area contributed by atoms with Crippen LogP contribution in [0.15, 0.2) is 40.1 Å². The van der Waals surface area contributed by atoms with E-state index in [1.165, 1.54) is 12.1 Å². The molecule has 1 unspecified atom stereocenters. The number of sulfone groups is 1. The number of sulfonamides is 1. The number of benzene rings is 2. The summed E-state index contributed by atoms with van der Waals surface area (Å²) >= 11 is 0. The molecule has 0 radical (unpaired) electrons. The third kappa shape index (κ3) is 4.11. The molecule has 1 atom stereocenters. The first-order chi connectivity index (χ1) is 15.0. The molecular formula is C20H21FN2O7S2. The lowest BCUT2D eigenvalue weighted by Crippen LogP contribution is -2.44. The summed E-state index contributed by atoms with van der Waals surface area (Å²) < 4.78 is 73.4. The lowest BCUT2D eigenvalue weighted by atomic mass is 10.0. The zero-order valence-corrected chi connectivity index (χ0v) is 18.7. The standard InChI is InChI=1S/C20H21FN2O7S2/c1-31(26,27)18-10-15-16(9-14(18)21)23-7-3-2-4-13(23)11-30-17-6-5-12(20(24)25)8-19(17)32(28,29)22-15/h5-6,8-10,13,22H,2-4,7,11H2,1H3,(H,24,25). The molecule has 32 heavy (non-hydrogen) atoms. The number of nitrogens with zero attached hydrogens (tertiary/aromatic N) is 1. The minimum Gasteiger partial charge on any atom is -0.490 e. The third-order valence-corrected chi connectivity index (χ3v) is 8.04. The molecule has 0 amide bonds. The second kappa shape index (κ2) is 7.93. The highest BCUT2D eigenvalue weighted by molar-refractivity contribution is 7.93. The van der Waals surface area contributed by atoms with E-state index < -0.39 is 41.4 Å². The number of anilines is 2. The first kappa shape index (κ1) is 22.3. The summed E-state index contributed by atoms with van der Waals surface area (Å²) in [6.07, 6.45) is 3.21. The molecule has 0 aromatic heterocycles. The van der Waals surface area contributed by atoms with Crippen molar-refractivity contribution in [1.29, 1.82) is 0 Å². The largest absolute Gasteiger partial charge is 0.490 e. The number of fused-ring (bicyclic) bond motifs is 4. The summed E-state index contributed by atoms with van der Waals surface area (Å²) in [5, 5.41) is 9.28. The van der Waals surface area contributed by atoms with Crippen molar-refractivity contribution in [3.05, 3.63) is 41.7 Å². The van der Waals surface area contributed by atoms with Gasteiger partial charge in [0.2, 0.25) is 0 Å². The molecule has 2 aromatic carbocycles. The quantitative estimate of drug-likeness (QED) is 0.665. The van der Waals surface area contributed by atoms with E-state index >= 15 is 0 Å². The van der Waals surface area contributed by atoms with Gasteiger partial charge in [0.05, 0.1) is 23.0 Å². The molecule has 4 rings (SSSR count). The first-order valence-corrected chi connectivity index (χ1v) is 13.2. The summed E-state index contributed by atoms with van der Waals surface area (Å²) in [5.74, 6) is -2.33. The van der Waals surface area contributed by atoms with Gasteiger partial charge in [-0.15, -0.1) is 0 Å². The molecule has 9 nitrogen and oxygen atoms in total. The molecule has 2 aromatic rings. The van der Waals surface area contributed by atoms with Crippen LogP contribution in [0, 0.1) is 5.82 Å². The van der Waals surface area contributed by atoms with Crippen molar-refractivity contribution >= 4 is 37.2 Å². The predicted molar refractivity (Wildman–Crippen MR) is 114 cm³/mol. The van der Waals surface area contributed by atoms with Crippen LogP contribution in [0.3, 0.4) is 0 Å². The fourth-order valence-electron chi connectivity index (χ4n) is 3.99. The number of carboxylic acids is 1. The maximum absolute atomic E-state index is 14.7. The highest BCUT2D eigenvalue weighted by Gasteiger charge is 2.32. The Bertz CT molecular complexity index is 1310. The second-order valence-electron chi connectivity index (χ2n) is 7.80. The molecular weight excluding hydrogens is 463 g/mol. The molecule has 2 aliphatic heterocycles. The zero-order valence-electron chi connectivity index (χ0n) is 17.0. The van der Waals surface area contributed by atoms with E-state index in [4.69, 9.17) is 4.74 Å². The molecule has 0 bridgehead atoms. The normalized spacial score (nSPS) is 20.1. The number of carboxylic acid groups (broad SMARTS) is 1. The van der Waals surface area contributed by atoms with Gasteiger partial charge in [0.25, 0.3) is 10.0 Å². The highest BCUT2D eigenvalue weighted by atomic mass is 32.2. The SMILES string of the molecule is CS(=O)(=O)c1cc2c(cc1F)N1CCCCC1COc1ccc(C(=O)O)cc1S(=O)(=O)N2. The van der Waals surface area contributed by atoms with Gasteiger partial charge < -0.3 is 14.7 Å². The molecule has 0 saturated carbocycles. The van der Waals surface area contributed by atoms with Crippen molar-refractivity contribution in [1.82, 2.24) is 0 Å². The summed E-state index contributed by atoms with van der Waals surface area (Å²) in [7, 11) is -8.39. The van der Waals surface area contributed by atoms with Crippen molar-refractivity contribution in [2.24, 2.45) is 0 Å². The number of hydrogen-bond donors (Lipinski definition) is 2. The highest BCUT2D eigenvalue weighted by Crippen LogP contribution is 2.38. The van der Waals surface area contributed by atoms with Crippen molar-refractivity contribution in [3.8, 4) is 5.75 Å². The van der Waals surface area contributed by atoms with Crippen molar-refractivity contribution in [3.63, 3.8) is 0 Å². The summed E-state index contributed by atoms with van der Waals surface area (Å²) in [5.41, 5.74) is -0.165. The number of halogens is 1. The summed E-state index contributed by atoms with van der Waals surface area (Å²) in [4.78, 5) is 12.2. The van der Waals surface area contributed by atoms with Gasteiger partial charge in [-0.05, 0) is 43.5 Å². The maximum Gasteiger partial charge on any atom is 0.335 e. The third-order valence-electron chi connectivity index (χ3n) is 5.54. The number of piperidine rings is 1. The van der Waals surface area contributed by atoms with Gasteiger partial charge >= 0.3 is 5.97 Å². The second-order valence-corrected chi connectivity index (χ2v) is 11.4. The number of hydrogen-bond acceptors (Lipinski definition) is 7. The Labute approximate surface area is 184 Å². The molecule has 2 N–H and O–H groups in total. The van der Waals surface area contributed by atoms with Crippen molar-refractivity contribution < 1.29 is 35.9 Å². The number of rotatable bonds is 2. The van der Waals surface area contributed by atoms with E-state index in [0.29, 0.717) is 13.0 Å². The number of carbonyl (C=O) groups is 1. The van der Waals surface area contributed by atoms with Crippen LogP contribution in [0.1, 0.15) is 29.6 Å². The number of ether oxygens (including phenoxy) is 1. The van der Waals surface area contributed by atoms with Crippen LogP contribution in [-0.4, -0.2) is 53.4 Å². The van der Waals surface area contributed by atoms with Gasteiger partial charge in [0.15, 0.2) is 9.84 Å².